The van der Waals surface area contributed by atoms with Gasteiger partial charge in [-0.2, -0.15) is 5.26 Å². The van der Waals surface area contributed by atoms with Gasteiger partial charge in [0.2, 0.25) is 0 Å². The van der Waals surface area contributed by atoms with Gasteiger partial charge in [-0.05, 0) is 45.8 Å². The summed E-state index contributed by atoms with van der Waals surface area (Å²) in [5.74, 6) is -0.578. The molecule has 2 aromatic rings. The summed E-state index contributed by atoms with van der Waals surface area (Å²) in [5.41, 5.74) is 7.69. The molecule has 39 heavy (non-hydrogen) atoms. The molecule has 11 heteroatoms. The minimum atomic E-state index is -0.692. The first-order valence-electron chi connectivity index (χ1n) is 12.9. The summed E-state index contributed by atoms with van der Waals surface area (Å²) in [6.45, 7) is 8.12. The van der Waals surface area contributed by atoms with Crippen LogP contribution in [0.4, 0.5) is 10.1 Å². The molecule has 0 bridgehead atoms. The number of halogens is 3. The molecule has 2 fully saturated rings. The number of anilines is 1. The Hall–Kier alpha value is -3.19. The molecule has 3 N–H and O–H groups in total. The number of amidine groups is 1. The van der Waals surface area contributed by atoms with Crippen LogP contribution in [0.5, 0.6) is 5.75 Å². The van der Waals surface area contributed by atoms with Gasteiger partial charge in [-0.1, -0.05) is 29.3 Å². The van der Waals surface area contributed by atoms with Crippen LogP contribution in [0.1, 0.15) is 43.9 Å². The molecule has 2 saturated heterocycles. The third-order valence-electron chi connectivity index (χ3n) is 7.76. The Morgan fingerprint density at radius 2 is 1.92 bits per heavy atom. The molecule has 1 unspecified atom stereocenters. The highest BCUT2D eigenvalue weighted by Crippen LogP contribution is 2.36. The minimum Gasteiger partial charge on any atom is -0.483 e. The van der Waals surface area contributed by atoms with Crippen molar-refractivity contribution in [3.8, 4) is 11.8 Å². The van der Waals surface area contributed by atoms with Crippen molar-refractivity contribution in [2.45, 2.75) is 38.3 Å². The summed E-state index contributed by atoms with van der Waals surface area (Å²) >= 11 is 12.5. The van der Waals surface area contributed by atoms with Crippen LogP contribution in [-0.2, 0) is 0 Å². The second kappa shape index (κ2) is 10.8. The zero-order chi connectivity index (χ0) is 27.9. The van der Waals surface area contributed by atoms with E-state index in [1.165, 1.54) is 31.3 Å². The van der Waals surface area contributed by atoms with E-state index in [1.54, 1.807) is 13.0 Å². The van der Waals surface area contributed by atoms with Gasteiger partial charge in [-0.15, -0.1) is 0 Å². The van der Waals surface area contributed by atoms with E-state index in [-0.39, 0.29) is 22.7 Å². The van der Waals surface area contributed by atoms with Crippen LogP contribution in [0, 0.1) is 28.5 Å². The highest BCUT2D eigenvalue weighted by atomic mass is 35.5. The lowest BCUT2D eigenvalue weighted by atomic mass is 9.87. The number of dihydropyridines is 1. The fourth-order valence-corrected chi connectivity index (χ4v) is 6.34. The molecule has 0 amide bonds. The van der Waals surface area contributed by atoms with Gasteiger partial charge in [0, 0.05) is 60.0 Å². The zero-order valence-electron chi connectivity index (χ0n) is 21.8. The fraction of sp³-hybridized carbons (Fsp3) is 0.429. The van der Waals surface area contributed by atoms with E-state index >= 15 is 0 Å². The van der Waals surface area contributed by atoms with E-state index in [4.69, 9.17) is 44.1 Å². The van der Waals surface area contributed by atoms with E-state index in [9.17, 15) is 9.65 Å². The summed E-state index contributed by atoms with van der Waals surface area (Å²) in [6, 6.07) is 4.80. The van der Waals surface area contributed by atoms with Crippen LogP contribution in [0.15, 0.2) is 41.2 Å². The largest absolute Gasteiger partial charge is 0.483 e. The predicted octanol–water partition coefficient (Wildman–Crippen LogP) is 5.27. The van der Waals surface area contributed by atoms with Gasteiger partial charge in [0.05, 0.1) is 27.7 Å². The van der Waals surface area contributed by atoms with Crippen molar-refractivity contribution in [3.05, 3.63) is 63.2 Å². The molecule has 8 nitrogen and oxygen atoms in total. The lowest BCUT2D eigenvalue weighted by Crippen LogP contribution is -2.69. The number of hydrogen-bond donors (Lipinski definition) is 2. The Bertz CT molecular complexity index is 1390. The molecule has 0 spiro atoms. The SMILES string of the molecule is C[C@@H](Oc1cc(C(=N)C2C=C(C#N)C(N3CC(C)(N4CCCC4)C3)=NC2)c(N)cc1F)c1c(Cl)cncc1Cl. The summed E-state index contributed by atoms with van der Waals surface area (Å²) in [5, 5.41) is 19.4. The number of likely N-dealkylation sites (tertiary alicyclic amines) is 2. The van der Waals surface area contributed by atoms with Crippen molar-refractivity contribution < 1.29 is 9.13 Å². The number of rotatable bonds is 6. The van der Waals surface area contributed by atoms with Gasteiger partial charge in [0.25, 0.3) is 0 Å². The van der Waals surface area contributed by atoms with Gasteiger partial charge >= 0.3 is 0 Å². The van der Waals surface area contributed by atoms with Crippen molar-refractivity contribution >= 4 is 40.4 Å². The minimum absolute atomic E-state index is 0.0911. The fourth-order valence-electron chi connectivity index (χ4n) is 5.66. The molecular weight excluding hydrogens is 540 g/mol. The van der Waals surface area contributed by atoms with E-state index in [0.717, 1.165) is 32.2 Å². The first kappa shape index (κ1) is 27.4. The first-order chi connectivity index (χ1) is 18.6. The molecule has 5 rings (SSSR count). The quantitative estimate of drug-likeness (QED) is 0.362. The van der Waals surface area contributed by atoms with Gasteiger partial charge < -0.3 is 20.8 Å². The molecule has 1 aromatic heterocycles. The Labute approximate surface area is 237 Å². The summed E-state index contributed by atoms with van der Waals surface area (Å²) in [4.78, 5) is 13.3. The monoisotopic (exact) mass is 569 g/mol. The first-order valence-corrected chi connectivity index (χ1v) is 13.7. The standard InChI is InChI=1S/C28H30Cl2FN7O/c1-16(25-20(29)12-35-13-21(25)30)39-24-8-19(23(33)9-22(24)31)26(34)18-7-17(10-32)27(36-11-18)37-14-28(2,15-37)38-5-3-4-6-38/h7-9,12-13,16,18,34H,3-6,11,14-15,33H2,1-2H3/t16-,18?/m1/s1. The average Bonchev–Trinajstić information content (AvgIpc) is 3.43. The van der Waals surface area contributed by atoms with Crippen molar-refractivity contribution in [1.29, 1.82) is 10.7 Å². The van der Waals surface area contributed by atoms with Gasteiger partial charge in [-0.25, -0.2) is 4.39 Å². The number of aliphatic imine (C=N–C) groups is 1. The van der Waals surface area contributed by atoms with Crippen LogP contribution in [0.3, 0.4) is 0 Å². The van der Waals surface area contributed by atoms with Crippen LogP contribution in [-0.4, -0.2) is 64.6 Å². The second-order valence-corrected chi connectivity index (χ2v) is 11.4. The topological polar surface area (TPSA) is 115 Å². The lowest BCUT2D eigenvalue weighted by molar-refractivity contribution is 0.0105. The maximum Gasteiger partial charge on any atom is 0.167 e. The second-order valence-electron chi connectivity index (χ2n) is 10.6. The van der Waals surface area contributed by atoms with E-state index in [1.807, 2.05) is 0 Å². The van der Waals surface area contributed by atoms with E-state index in [0.29, 0.717) is 39.1 Å². The van der Waals surface area contributed by atoms with E-state index in [2.05, 4.69) is 27.8 Å². The van der Waals surface area contributed by atoms with Crippen molar-refractivity contribution in [2.75, 3.05) is 38.5 Å². The Balaban J connectivity index is 1.32. The third kappa shape index (κ3) is 5.21. The maximum absolute atomic E-state index is 14.9. The zero-order valence-corrected chi connectivity index (χ0v) is 23.4. The number of aromatic nitrogens is 1. The average molecular weight is 571 g/mol. The van der Waals surface area contributed by atoms with E-state index < -0.39 is 17.8 Å². The summed E-state index contributed by atoms with van der Waals surface area (Å²) < 4.78 is 20.7. The summed E-state index contributed by atoms with van der Waals surface area (Å²) in [7, 11) is 0. The normalized spacial score (nSPS) is 21.4. The number of nitrogens with one attached hydrogen (secondary N) is 1. The third-order valence-corrected chi connectivity index (χ3v) is 8.37. The maximum atomic E-state index is 14.9. The number of hydrogen-bond acceptors (Lipinski definition) is 8. The highest BCUT2D eigenvalue weighted by molar-refractivity contribution is 6.35. The molecule has 0 radical (unpaired) electrons. The number of nitrogen functional groups attached to an aromatic ring is 1. The Morgan fingerprint density at radius 3 is 2.56 bits per heavy atom. The van der Waals surface area contributed by atoms with Gasteiger partial charge in [0.1, 0.15) is 18.0 Å². The number of ether oxygens (including phenoxy) is 1. The number of benzene rings is 1. The van der Waals surface area contributed by atoms with Gasteiger partial charge in [-0.3, -0.25) is 14.9 Å². The molecule has 1 aromatic carbocycles. The number of nitrogens with two attached hydrogens (primary N) is 1. The van der Waals surface area contributed by atoms with Crippen molar-refractivity contribution in [1.82, 2.24) is 14.8 Å². The molecule has 0 saturated carbocycles. The molecule has 204 valence electrons. The van der Waals surface area contributed by atoms with Crippen LogP contribution < -0.4 is 10.5 Å². The molecule has 4 heterocycles. The molecular formula is C28H30Cl2FN7O. The molecule has 2 atom stereocenters. The van der Waals surface area contributed by atoms with Crippen molar-refractivity contribution in [2.24, 2.45) is 10.9 Å². The smallest absolute Gasteiger partial charge is 0.167 e. The predicted molar refractivity (Wildman–Crippen MR) is 151 cm³/mol. The number of pyridine rings is 1. The van der Waals surface area contributed by atoms with Crippen LogP contribution in [0.2, 0.25) is 10.0 Å². The van der Waals surface area contributed by atoms with Crippen LogP contribution in [0.25, 0.3) is 0 Å². The highest BCUT2D eigenvalue weighted by Gasteiger charge is 2.46. The Kier molecular flexibility index (Phi) is 7.55. The van der Waals surface area contributed by atoms with Gasteiger partial charge in [0.15, 0.2) is 11.6 Å². The summed E-state index contributed by atoms with van der Waals surface area (Å²) in [6.07, 6.45) is 6.40. The number of nitrogens with zero attached hydrogens (tertiary/aromatic N) is 5. The van der Waals surface area contributed by atoms with Crippen LogP contribution >= 0.6 is 23.2 Å². The Morgan fingerprint density at radius 1 is 1.26 bits per heavy atom. The lowest BCUT2D eigenvalue weighted by Gasteiger charge is -2.54. The number of nitriles is 1. The van der Waals surface area contributed by atoms with Crippen molar-refractivity contribution in [3.63, 3.8) is 0 Å². The molecule has 3 aliphatic rings. The molecule has 3 aliphatic heterocycles. The molecule has 0 aliphatic carbocycles.